The van der Waals surface area contributed by atoms with E-state index in [4.69, 9.17) is 18.9 Å². The molecule has 3 heterocycles. The van der Waals surface area contributed by atoms with Gasteiger partial charge < -0.3 is 39.4 Å². The lowest BCUT2D eigenvalue weighted by atomic mass is 9.77. The van der Waals surface area contributed by atoms with Gasteiger partial charge in [0.1, 0.15) is 30.5 Å². The van der Waals surface area contributed by atoms with Gasteiger partial charge in [-0.3, -0.25) is 0 Å². The van der Waals surface area contributed by atoms with Crippen molar-refractivity contribution >= 4 is 5.97 Å². The molecule has 0 aromatic heterocycles. The molecule has 25 heavy (non-hydrogen) atoms. The van der Waals surface area contributed by atoms with Gasteiger partial charge in [-0.25, -0.2) is 4.79 Å². The summed E-state index contributed by atoms with van der Waals surface area (Å²) in [5.41, 5.74) is -1.41. The number of rotatable bonds is 3. The van der Waals surface area contributed by atoms with Crippen molar-refractivity contribution in [3.8, 4) is 0 Å². The summed E-state index contributed by atoms with van der Waals surface area (Å²) in [6.45, 7) is 2.00. The first-order chi connectivity index (χ1) is 11.9. The third-order valence-electron chi connectivity index (χ3n) is 6.14. The Balaban J connectivity index is 1.61. The minimum atomic E-state index is -1.57. The fourth-order valence-corrected chi connectivity index (χ4v) is 4.76. The van der Waals surface area contributed by atoms with Crippen molar-refractivity contribution in [2.75, 3.05) is 19.8 Å². The second-order valence-electron chi connectivity index (χ2n) is 7.57. The topological polar surface area (TPSA) is 135 Å². The molecule has 0 amide bonds. The Morgan fingerprint density at radius 3 is 2.72 bits per heavy atom. The fraction of sp³-hybridized carbons (Fsp3) is 0.938. The van der Waals surface area contributed by atoms with Crippen LogP contribution in [0, 0.1) is 17.8 Å². The van der Waals surface area contributed by atoms with Gasteiger partial charge in [-0.1, -0.05) is 6.92 Å². The lowest BCUT2D eigenvalue weighted by Gasteiger charge is -2.45. The third-order valence-corrected chi connectivity index (χ3v) is 6.14. The van der Waals surface area contributed by atoms with Crippen LogP contribution in [0.5, 0.6) is 0 Å². The van der Waals surface area contributed by atoms with E-state index in [1.807, 2.05) is 0 Å². The molecule has 142 valence electrons. The first-order valence-electron chi connectivity index (χ1n) is 8.66. The molecule has 9 heteroatoms. The summed E-state index contributed by atoms with van der Waals surface area (Å²) in [7, 11) is 0. The molecule has 9 nitrogen and oxygen atoms in total. The summed E-state index contributed by atoms with van der Waals surface area (Å²) in [6.07, 6.45) is -6.65. The average molecular weight is 360 g/mol. The molecule has 10 atom stereocenters. The molecule has 3 aliphatic heterocycles. The minimum Gasteiger partial charge on any atom is -0.460 e. The zero-order valence-electron chi connectivity index (χ0n) is 13.9. The molecule has 3 saturated heterocycles. The van der Waals surface area contributed by atoms with E-state index in [2.05, 4.69) is 6.92 Å². The van der Waals surface area contributed by atoms with E-state index >= 15 is 0 Å². The first kappa shape index (κ1) is 17.6. The highest BCUT2D eigenvalue weighted by Crippen LogP contribution is 2.53. The number of carbonyl (C=O) groups is 1. The average Bonchev–Trinajstić information content (AvgIpc) is 3.06. The highest BCUT2D eigenvalue weighted by atomic mass is 16.7. The maximum absolute atomic E-state index is 12.6. The van der Waals surface area contributed by atoms with E-state index < -0.39 is 48.9 Å². The molecule has 4 aliphatic rings. The van der Waals surface area contributed by atoms with Gasteiger partial charge in [0.25, 0.3) is 0 Å². The third kappa shape index (κ3) is 2.45. The molecule has 4 fully saturated rings. The van der Waals surface area contributed by atoms with E-state index in [-0.39, 0.29) is 24.5 Å². The zero-order valence-corrected chi connectivity index (χ0v) is 13.9. The van der Waals surface area contributed by atoms with Gasteiger partial charge in [0.15, 0.2) is 11.9 Å². The van der Waals surface area contributed by atoms with Gasteiger partial charge in [0.05, 0.1) is 19.8 Å². The number of hydrogen-bond acceptors (Lipinski definition) is 9. The number of ether oxygens (including phenoxy) is 4. The largest absolute Gasteiger partial charge is 0.460 e. The van der Waals surface area contributed by atoms with Gasteiger partial charge >= 0.3 is 5.97 Å². The van der Waals surface area contributed by atoms with Crippen molar-refractivity contribution in [2.45, 2.75) is 55.8 Å². The molecule has 0 spiro atoms. The van der Waals surface area contributed by atoms with Crippen LogP contribution in [0.1, 0.15) is 13.3 Å². The van der Waals surface area contributed by atoms with E-state index in [1.165, 1.54) is 0 Å². The summed E-state index contributed by atoms with van der Waals surface area (Å²) < 4.78 is 22.4. The van der Waals surface area contributed by atoms with Crippen molar-refractivity contribution in [3.05, 3.63) is 0 Å². The normalized spacial score (nSPS) is 55.1. The van der Waals surface area contributed by atoms with Crippen molar-refractivity contribution in [1.82, 2.24) is 0 Å². The Labute approximate surface area is 144 Å². The van der Waals surface area contributed by atoms with Gasteiger partial charge in [0.2, 0.25) is 0 Å². The number of aliphatic hydroxyl groups excluding tert-OH is 4. The second-order valence-corrected chi connectivity index (χ2v) is 7.57. The SMILES string of the molecule is C[C@H]1C[C@@H]2OC(=O)[C@]3(O[C@@H]4O[C@H](CO)[C@@H](O)[C@@H](O)[C@@H]4O)COC[C@H]1[C@H]23. The van der Waals surface area contributed by atoms with Gasteiger partial charge in [-0.05, 0) is 18.3 Å². The van der Waals surface area contributed by atoms with Gasteiger partial charge in [-0.15, -0.1) is 0 Å². The van der Waals surface area contributed by atoms with Crippen LogP contribution in [0.2, 0.25) is 0 Å². The highest BCUT2D eigenvalue weighted by Gasteiger charge is 2.68. The lowest BCUT2D eigenvalue weighted by molar-refractivity contribution is -0.336. The highest BCUT2D eigenvalue weighted by molar-refractivity contribution is 5.83. The Kier molecular flexibility index (Phi) is 4.31. The lowest BCUT2D eigenvalue weighted by Crippen LogP contribution is -2.64. The van der Waals surface area contributed by atoms with Crippen molar-refractivity contribution < 1.29 is 44.2 Å². The maximum atomic E-state index is 12.6. The Morgan fingerprint density at radius 1 is 1.24 bits per heavy atom. The van der Waals surface area contributed by atoms with Crippen LogP contribution in [0.25, 0.3) is 0 Å². The van der Waals surface area contributed by atoms with Crippen LogP contribution in [0.15, 0.2) is 0 Å². The summed E-state index contributed by atoms with van der Waals surface area (Å²) in [4.78, 5) is 12.6. The zero-order chi connectivity index (χ0) is 17.9. The molecule has 0 aromatic carbocycles. The van der Waals surface area contributed by atoms with E-state index in [0.29, 0.717) is 12.5 Å². The summed E-state index contributed by atoms with van der Waals surface area (Å²) in [5, 5.41) is 39.3. The van der Waals surface area contributed by atoms with Crippen molar-refractivity contribution in [3.63, 3.8) is 0 Å². The van der Waals surface area contributed by atoms with Crippen LogP contribution in [-0.4, -0.2) is 88.6 Å². The number of aliphatic hydroxyl groups is 4. The van der Waals surface area contributed by atoms with E-state index in [0.717, 1.165) is 6.42 Å². The van der Waals surface area contributed by atoms with Gasteiger partial charge in [-0.2, -0.15) is 0 Å². The molecular weight excluding hydrogens is 336 g/mol. The minimum absolute atomic E-state index is 0.0226. The monoisotopic (exact) mass is 360 g/mol. The van der Waals surface area contributed by atoms with Crippen LogP contribution in [0.3, 0.4) is 0 Å². The summed E-state index contributed by atoms with van der Waals surface area (Å²) >= 11 is 0. The van der Waals surface area contributed by atoms with Crippen LogP contribution < -0.4 is 0 Å². The molecule has 0 aromatic rings. The standard InChI is InChI=1S/C16H24O9/c1-6-2-8-10-7(6)4-22-5-16(10,15(21)24-8)25-14-13(20)12(19)11(18)9(3-17)23-14/h6-14,17-20H,2-5H2,1H3/t6-,7+,8-,9+,10+,11+,12+,13-,14-,16-/m0/s1. The van der Waals surface area contributed by atoms with Crippen LogP contribution >= 0.6 is 0 Å². The predicted molar refractivity (Wildman–Crippen MR) is 79.0 cm³/mol. The Morgan fingerprint density at radius 2 is 2.00 bits per heavy atom. The van der Waals surface area contributed by atoms with Crippen molar-refractivity contribution in [2.24, 2.45) is 17.8 Å². The summed E-state index contributed by atoms with van der Waals surface area (Å²) in [5.74, 6) is -0.372. The molecule has 4 rings (SSSR count). The van der Waals surface area contributed by atoms with Gasteiger partial charge in [0, 0.05) is 5.92 Å². The molecular formula is C16H24O9. The van der Waals surface area contributed by atoms with Crippen molar-refractivity contribution in [1.29, 1.82) is 0 Å². The summed E-state index contributed by atoms with van der Waals surface area (Å²) in [6, 6.07) is 0. The smallest absolute Gasteiger partial charge is 0.341 e. The first-order valence-corrected chi connectivity index (χ1v) is 8.66. The molecule has 0 unspecified atom stereocenters. The molecule has 4 N–H and O–H groups in total. The second kappa shape index (κ2) is 6.12. The Bertz CT molecular complexity index is 540. The molecule has 0 bridgehead atoms. The fourth-order valence-electron chi connectivity index (χ4n) is 4.76. The maximum Gasteiger partial charge on any atom is 0.341 e. The molecule has 1 aliphatic carbocycles. The van der Waals surface area contributed by atoms with Crippen LogP contribution in [-0.2, 0) is 23.7 Å². The van der Waals surface area contributed by atoms with Crippen LogP contribution in [0.4, 0.5) is 0 Å². The quantitative estimate of drug-likeness (QED) is 0.412. The molecule has 0 radical (unpaired) electrons. The number of hydrogen-bond donors (Lipinski definition) is 4. The number of carbonyl (C=O) groups excluding carboxylic acids is 1. The van der Waals surface area contributed by atoms with E-state index in [1.54, 1.807) is 0 Å². The number of esters is 1. The molecule has 1 saturated carbocycles. The van der Waals surface area contributed by atoms with E-state index in [9.17, 15) is 25.2 Å². The predicted octanol–water partition coefficient (Wildman–Crippen LogP) is -2.23. The Hall–Kier alpha value is -0.810.